The van der Waals surface area contributed by atoms with E-state index in [9.17, 15) is 4.79 Å². The van der Waals surface area contributed by atoms with E-state index in [1.54, 1.807) is 0 Å². The largest absolute Gasteiger partial charge is 0.480 e. The number of nitrogens with zero attached hydrogens (tertiary/aromatic N) is 3. The Bertz CT molecular complexity index is 399. The molecule has 1 fully saturated rings. The van der Waals surface area contributed by atoms with E-state index in [0.717, 1.165) is 24.5 Å². The molecule has 0 aliphatic carbocycles. The Morgan fingerprint density at radius 2 is 2.25 bits per heavy atom. The molecule has 0 saturated carbocycles. The first-order valence-corrected chi connectivity index (χ1v) is 5.39. The fraction of sp³-hybridized carbons (Fsp3) is 0.545. The van der Waals surface area contributed by atoms with Crippen LogP contribution in [0.3, 0.4) is 0 Å². The molecule has 0 radical (unpaired) electrons. The zero-order valence-electron chi connectivity index (χ0n) is 9.47. The third-order valence-electron chi connectivity index (χ3n) is 2.78. The number of aryl methyl sites for hydroxylation is 2. The van der Waals surface area contributed by atoms with E-state index in [2.05, 4.69) is 9.97 Å². The summed E-state index contributed by atoms with van der Waals surface area (Å²) in [6.07, 6.45) is 1.59. The van der Waals surface area contributed by atoms with Crippen molar-refractivity contribution in [2.24, 2.45) is 0 Å². The first-order chi connectivity index (χ1) is 7.58. The highest BCUT2D eigenvalue weighted by Gasteiger charge is 2.31. The topological polar surface area (TPSA) is 66.3 Å². The number of anilines is 1. The van der Waals surface area contributed by atoms with Gasteiger partial charge in [0, 0.05) is 18.3 Å². The number of rotatable bonds is 2. The molecule has 1 N–H and O–H groups in total. The minimum atomic E-state index is -0.772. The van der Waals surface area contributed by atoms with Crippen LogP contribution < -0.4 is 4.90 Å². The summed E-state index contributed by atoms with van der Waals surface area (Å²) in [7, 11) is 0. The van der Waals surface area contributed by atoms with E-state index in [4.69, 9.17) is 5.11 Å². The Labute approximate surface area is 94.1 Å². The number of carboxylic acids is 1. The van der Waals surface area contributed by atoms with Gasteiger partial charge in [-0.05, 0) is 26.7 Å². The lowest BCUT2D eigenvalue weighted by atomic mass is 10.2. The monoisotopic (exact) mass is 221 g/mol. The molecule has 0 amide bonds. The van der Waals surface area contributed by atoms with Gasteiger partial charge in [-0.1, -0.05) is 0 Å². The van der Waals surface area contributed by atoms with Crippen molar-refractivity contribution in [3.63, 3.8) is 0 Å². The number of carboxylic acid groups (broad SMARTS) is 1. The summed E-state index contributed by atoms with van der Waals surface area (Å²) in [5, 5.41) is 9.10. The summed E-state index contributed by atoms with van der Waals surface area (Å²) in [5.74, 6) is 0.646. The molecule has 86 valence electrons. The van der Waals surface area contributed by atoms with E-state index >= 15 is 0 Å². The van der Waals surface area contributed by atoms with Crippen molar-refractivity contribution in [2.45, 2.75) is 32.7 Å². The maximum absolute atomic E-state index is 11.1. The predicted octanol–water partition coefficient (Wildman–Crippen LogP) is 1.15. The van der Waals surface area contributed by atoms with Crippen molar-refractivity contribution in [1.29, 1.82) is 0 Å². The van der Waals surface area contributed by atoms with Crippen LogP contribution in [0.4, 0.5) is 5.82 Å². The quantitative estimate of drug-likeness (QED) is 0.811. The standard InChI is InChI=1S/C11H15N3O2/c1-7-6-10(13-8(2)12-7)14-5-3-4-9(14)11(15)16/h6,9H,3-5H2,1-2H3,(H,15,16)/t9-/m1/s1. The second kappa shape index (κ2) is 4.08. The summed E-state index contributed by atoms with van der Waals surface area (Å²) < 4.78 is 0. The normalized spacial score (nSPS) is 20.1. The first-order valence-electron chi connectivity index (χ1n) is 5.39. The van der Waals surface area contributed by atoms with Crippen molar-refractivity contribution in [3.8, 4) is 0 Å². The Morgan fingerprint density at radius 3 is 2.88 bits per heavy atom. The summed E-state index contributed by atoms with van der Waals surface area (Å²) >= 11 is 0. The van der Waals surface area contributed by atoms with Crippen molar-refractivity contribution < 1.29 is 9.90 Å². The maximum atomic E-state index is 11.1. The molecule has 2 heterocycles. The zero-order valence-corrected chi connectivity index (χ0v) is 9.47. The molecule has 1 saturated heterocycles. The van der Waals surface area contributed by atoms with Gasteiger partial charge in [0.05, 0.1) is 0 Å². The molecule has 0 aromatic carbocycles. The average molecular weight is 221 g/mol. The highest BCUT2D eigenvalue weighted by atomic mass is 16.4. The number of hydrogen-bond donors (Lipinski definition) is 1. The van der Waals surface area contributed by atoms with E-state index in [1.165, 1.54) is 0 Å². The van der Waals surface area contributed by atoms with Gasteiger partial charge in [-0.25, -0.2) is 14.8 Å². The van der Waals surface area contributed by atoms with E-state index in [0.29, 0.717) is 12.2 Å². The summed E-state index contributed by atoms with van der Waals surface area (Å²) in [5.41, 5.74) is 0.874. The minimum absolute atomic E-state index is 0.436. The lowest BCUT2D eigenvalue weighted by molar-refractivity contribution is -0.138. The lowest BCUT2D eigenvalue weighted by Gasteiger charge is -2.22. The molecule has 5 nitrogen and oxygen atoms in total. The molecule has 2 rings (SSSR count). The molecule has 0 spiro atoms. The Kier molecular flexibility index (Phi) is 2.77. The van der Waals surface area contributed by atoms with Gasteiger partial charge in [0.2, 0.25) is 0 Å². The minimum Gasteiger partial charge on any atom is -0.480 e. The summed E-state index contributed by atoms with van der Waals surface area (Å²) in [6.45, 7) is 4.47. The van der Waals surface area contributed by atoms with Gasteiger partial charge in [-0.15, -0.1) is 0 Å². The third-order valence-corrected chi connectivity index (χ3v) is 2.78. The van der Waals surface area contributed by atoms with Crippen LogP contribution in [-0.4, -0.2) is 33.6 Å². The highest BCUT2D eigenvalue weighted by molar-refractivity contribution is 5.78. The van der Waals surface area contributed by atoms with Crippen LogP contribution in [0.25, 0.3) is 0 Å². The van der Waals surface area contributed by atoms with E-state index in [1.807, 2.05) is 24.8 Å². The van der Waals surface area contributed by atoms with E-state index in [-0.39, 0.29) is 0 Å². The molecule has 1 aromatic heterocycles. The smallest absolute Gasteiger partial charge is 0.326 e. The molecule has 16 heavy (non-hydrogen) atoms. The second-order valence-electron chi connectivity index (χ2n) is 4.10. The van der Waals surface area contributed by atoms with Crippen molar-refractivity contribution in [1.82, 2.24) is 9.97 Å². The summed E-state index contributed by atoms with van der Waals surface area (Å²) in [6, 6.07) is 1.41. The SMILES string of the molecule is Cc1cc(N2CCC[C@@H]2C(=O)O)nc(C)n1. The second-order valence-corrected chi connectivity index (χ2v) is 4.10. The van der Waals surface area contributed by atoms with Gasteiger partial charge in [-0.3, -0.25) is 0 Å². The summed E-state index contributed by atoms with van der Waals surface area (Å²) in [4.78, 5) is 21.4. The van der Waals surface area contributed by atoms with Crippen molar-refractivity contribution >= 4 is 11.8 Å². The molecule has 1 aromatic rings. The molecule has 0 unspecified atom stereocenters. The zero-order chi connectivity index (χ0) is 11.7. The van der Waals surface area contributed by atoms with Crippen LogP contribution in [0.15, 0.2) is 6.07 Å². The van der Waals surface area contributed by atoms with Crippen molar-refractivity contribution in [3.05, 3.63) is 17.6 Å². The van der Waals surface area contributed by atoms with Gasteiger partial charge in [0.1, 0.15) is 17.7 Å². The van der Waals surface area contributed by atoms with Crippen LogP contribution in [0.5, 0.6) is 0 Å². The van der Waals surface area contributed by atoms with Gasteiger partial charge >= 0.3 is 5.97 Å². The Balaban J connectivity index is 2.32. The number of aromatic nitrogens is 2. The van der Waals surface area contributed by atoms with Gasteiger partial charge in [0.15, 0.2) is 0 Å². The third kappa shape index (κ3) is 1.98. The molecule has 0 bridgehead atoms. The number of carbonyl (C=O) groups is 1. The van der Waals surface area contributed by atoms with Crippen LogP contribution in [-0.2, 0) is 4.79 Å². The van der Waals surface area contributed by atoms with Crippen LogP contribution in [0, 0.1) is 13.8 Å². The first kappa shape index (κ1) is 10.9. The molecule has 1 atom stereocenters. The van der Waals surface area contributed by atoms with Gasteiger partial charge in [0.25, 0.3) is 0 Å². The lowest BCUT2D eigenvalue weighted by Crippen LogP contribution is -2.36. The highest BCUT2D eigenvalue weighted by Crippen LogP contribution is 2.24. The maximum Gasteiger partial charge on any atom is 0.326 e. The fourth-order valence-electron chi connectivity index (χ4n) is 2.14. The van der Waals surface area contributed by atoms with Crippen LogP contribution >= 0.6 is 0 Å². The van der Waals surface area contributed by atoms with Crippen LogP contribution in [0.1, 0.15) is 24.4 Å². The molecule has 5 heteroatoms. The molecule has 1 aliphatic heterocycles. The van der Waals surface area contributed by atoms with Gasteiger partial charge in [-0.2, -0.15) is 0 Å². The Morgan fingerprint density at radius 1 is 1.50 bits per heavy atom. The van der Waals surface area contributed by atoms with Crippen molar-refractivity contribution in [2.75, 3.05) is 11.4 Å². The van der Waals surface area contributed by atoms with Crippen LogP contribution in [0.2, 0.25) is 0 Å². The van der Waals surface area contributed by atoms with Gasteiger partial charge < -0.3 is 10.0 Å². The molecule has 1 aliphatic rings. The fourth-order valence-corrected chi connectivity index (χ4v) is 2.14. The molecular weight excluding hydrogens is 206 g/mol. The number of hydrogen-bond acceptors (Lipinski definition) is 4. The number of aliphatic carboxylic acids is 1. The van der Waals surface area contributed by atoms with E-state index < -0.39 is 12.0 Å². The average Bonchev–Trinajstić information content (AvgIpc) is 2.63. The predicted molar refractivity (Wildman–Crippen MR) is 59.5 cm³/mol. The Hall–Kier alpha value is -1.65. The molecular formula is C11H15N3O2.